The fourth-order valence-corrected chi connectivity index (χ4v) is 3.56. The van der Waals surface area contributed by atoms with Gasteiger partial charge in [-0.3, -0.25) is 4.79 Å². The van der Waals surface area contributed by atoms with Crippen molar-refractivity contribution in [1.29, 1.82) is 0 Å². The first-order valence-electron chi connectivity index (χ1n) is 8.60. The maximum Gasteiger partial charge on any atom is 0.324 e. The Kier molecular flexibility index (Phi) is 8.27. The van der Waals surface area contributed by atoms with Crippen LogP contribution < -0.4 is 5.32 Å². The number of nitrogens with one attached hydrogen (secondary N) is 1. The monoisotopic (exact) mass is 299 g/mol. The van der Waals surface area contributed by atoms with Gasteiger partial charge in [0.15, 0.2) is 0 Å². The van der Waals surface area contributed by atoms with Crippen LogP contribution in [-0.2, 0) is 9.53 Å². The molecule has 0 saturated heterocycles. The Morgan fingerprint density at radius 2 is 2.24 bits per heavy atom. The van der Waals surface area contributed by atoms with Crippen molar-refractivity contribution in [1.82, 2.24) is 5.32 Å². The minimum absolute atomic E-state index is 0.190. The number of carbonyl (C=O) groups is 1. The number of hydrogen-bond acceptors (Lipinski definition) is 3. The summed E-state index contributed by atoms with van der Waals surface area (Å²) < 4.78 is 5.84. The van der Waals surface area contributed by atoms with Gasteiger partial charge in [-0.25, -0.2) is 0 Å². The lowest BCUT2D eigenvalue weighted by Crippen LogP contribution is -2.53. The van der Waals surface area contributed by atoms with Crippen molar-refractivity contribution in [2.45, 2.75) is 70.8 Å². The molecule has 1 aliphatic carbocycles. The van der Waals surface area contributed by atoms with Crippen LogP contribution in [0.15, 0.2) is 0 Å². The standard InChI is InChI=1S/C17H33NO3/c1-4-6-8-14(5-2)13-21-12-10-15-9-7-11-17(15,18-3)16(19)20/h14-15,18H,4-13H2,1-3H3,(H,19,20). The number of rotatable bonds is 11. The molecule has 1 saturated carbocycles. The van der Waals surface area contributed by atoms with Gasteiger partial charge in [-0.1, -0.05) is 39.5 Å². The largest absolute Gasteiger partial charge is 0.480 e. The Morgan fingerprint density at radius 1 is 1.48 bits per heavy atom. The number of unbranched alkanes of at least 4 members (excludes halogenated alkanes) is 1. The van der Waals surface area contributed by atoms with Crippen molar-refractivity contribution in [3.8, 4) is 0 Å². The van der Waals surface area contributed by atoms with Gasteiger partial charge in [0.25, 0.3) is 0 Å². The molecular formula is C17H33NO3. The van der Waals surface area contributed by atoms with E-state index in [-0.39, 0.29) is 5.92 Å². The van der Waals surface area contributed by atoms with Crippen molar-refractivity contribution in [3.63, 3.8) is 0 Å². The third-order valence-corrected chi connectivity index (χ3v) is 5.16. The van der Waals surface area contributed by atoms with Gasteiger partial charge in [0.2, 0.25) is 0 Å². The lowest BCUT2D eigenvalue weighted by molar-refractivity contribution is -0.146. The topological polar surface area (TPSA) is 58.6 Å². The Morgan fingerprint density at radius 3 is 2.81 bits per heavy atom. The van der Waals surface area contributed by atoms with E-state index in [4.69, 9.17) is 4.74 Å². The van der Waals surface area contributed by atoms with E-state index >= 15 is 0 Å². The van der Waals surface area contributed by atoms with E-state index in [0.29, 0.717) is 12.5 Å². The summed E-state index contributed by atoms with van der Waals surface area (Å²) in [7, 11) is 1.77. The molecule has 3 atom stereocenters. The second-order valence-corrected chi connectivity index (χ2v) is 6.40. The highest BCUT2D eigenvalue weighted by Gasteiger charge is 2.47. The van der Waals surface area contributed by atoms with E-state index in [1.165, 1.54) is 25.7 Å². The maximum absolute atomic E-state index is 11.6. The van der Waals surface area contributed by atoms with Gasteiger partial charge in [0.05, 0.1) is 0 Å². The van der Waals surface area contributed by atoms with Crippen LogP contribution in [0.3, 0.4) is 0 Å². The highest BCUT2D eigenvalue weighted by Crippen LogP contribution is 2.38. The van der Waals surface area contributed by atoms with Gasteiger partial charge in [-0.2, -0.15) is 0 Å². The molecule has 21 heavy (non-hydrogen) atoms. The zero-order chi connectivity index (χ0) is 15.7. The number of aliphatic carboxylic acids is 1. The van der Waals surface area contributed by atoms with Crippen LogP contribution in [0.2, 0.25) is 0 Å². The van der Waals surface area contributed by atoms with Crippen molar-refractivity contribution in [3.05, 3.63) is 0 Å². The summed E-state index contributed by atoms with van der Waals surface area (Å²) in [5.74, 6) is 0.139. The lowest BCUT2D eigenvalue weighted by atomic mass is 9.85. The molecule has 0 heterocycles. The zero-order valence-electron chi connectivity index (χ0n) is 14.0. The molecule has 1 rings (SSSR count). The van der Waals surface area contributed by atoms with E-state index in [2.05, 4.69) is 19.2 Å². The van der Waals surface area contributed by atoms with Crippen LogP contribution in [0.4, 0.5) is 0 Å². The SMILES string of the molecule is CCCCC(CC)COCCC1CCCC1(NC)C(=O)O. The number of likely N-dealkylation sites (N-methyl/N-ethyl adjacent to an activating group) is 1. The molecule has 4 heteroatoms. The molecular weight excluding hydrogens is 266 g/mol. The average Bonchev–Trinajstić information content (AvgIpc) is 2.90. The minimum Gasteiger partial charge on any atom is -0.480 e. The molecule has 0 radical (unpaired) electrons. The normalized spacial score (nSPS) is 26.9. The van der Waals surface area contributed by atoms with Crippen LogP contribution in [-0.4, -0.2) is 36.9 Å². The van der Waals surface area contributed by atoms with Crippen LogP contribution in [0.5, 0.6) is 0 Å². The summed E-state index contributed by atoms with van der Waals surface area (Å²) in [6.07, 6.45) is 8.48. The third kappa shape index (κ3) is 4.96. The first-order chi connectivity index (χ1) is 10.1. The number of carboxylic acids is 1. The lowest BCUT2D eigenvalue weighted by Gasteiger charge is -2.31. The molecule has 0 aromatic heterocycles. The molecule has 0 aromatic rings. The summed E-state index contributed by atoms with van der Waals surface area (Å²) >= 11 is 0. The Balaban J connectivity index is 2.32. The molecule has 0 aliphatic heterocycles. The van der Waals surface area contributed by atoms with Crippen LogP contribution in [0.1, 0.15) is 65.2 Å². The predicted molar refractivity (Wildman–Crippen MR) is 85.5 cm³/mol. The first-order valence-corrected chi connectivity index (χ1v) is 8.60. The van der Waals surface area contributed by atoms with E-state index in [1.807, 2.05) is 0 Å². The maximum atomic E-state index is 11.6. The molecule has 124 valence electrons. The van der Waals surface area contributed by atoms with Gasteiger partial charge >= 0.3 is 5.97 Å². The van der Waals surface area contributed by atoms with Crippen molar-refractivity contribution in [2.75, 3.05) is 20.3 Å². The van der Waals surface area contributed by atoms with E-state index in [0.717, 1.165) is 32.3 Å². The Bertz CT molecular complexity index is 308. The smallest absolute Gasteiger partial charge is 0.324 e. The third-order valence-electron chi connectivity index (χ3n) is 5.16. The average molecular weight is 299 g/mol. The van der Waals surface area contributed by atoms with E-state index in [1.54, 1.807) is 7.05 Å². The van der Waals surface area contributed by atoms with Crippen LogP contribution in [0.25, 0.3) is 0 Å². The van der Waals surface area contributed by atoms with Gasteiger partial charge in [0.1, 0.15) is 5.54 Å². The van der Waals surface area contributed by atoms with Gasteiger partial charge in [-0.05, 0) is 44.6 Å². The summed E-state index contributed by atoms with van der Waals surface area (Å²) in [5, 5.41) is 12.6. The number of hydrogen-bond donors (Lipinski definition) is 2. The van der Waals surface area contributed by atoms with Gasteiger partial charge in [-0.15, -0.1) is 0 Å². The van der Waals surface area contributed by atoms with Crippen LogP contribution in [0, 0.1) is 11.8 Å². The summed E-state index contributed by atoms with van der Waals surface area (Å²) in [6, 6.07) is 0. The molecule has 4 nitrogen and oxygen atoms in total. The Hall–Kier alpha value is -0.610. The van der Waals surface area contributed by atoms with Crippen molar-refractivity contribution in [2.24, 2.45) is 11.8 Å². The number of carboxylic acid groups (broad SMARTS) is 1. The summed E-state index contributed by atoms with van der Waals surface area (Å²) in [5.41, 5.74) is -0.726. The molecule has 3 unspecified atom stereocenters. The minimum atomic E-state index is -0.726. The second-order valence-electron chi connectivity index (χ2n) is 6.40. The molecule has 0 spiro atoms. The molecule has 0 bridgehead atoms. The summed E-state index contributed by atoms with van der Waals surface area (Å²) in [4.78, 5) is 11.6. The zero-order valence-corrected chi connectivity index (χ0v) is 14.0. The predicted octanol–water partition coefficient (Wildman–Crippen LogP) is 3.45. The fourth-order valence-electron chi connectivity index (χ4n) is 3.56. The van der Waals surface area contributed by atoms with E-state index in [9.17, 15) is 9.90 Å². The first kappa shape index (κ1) is 18.4. The highest BCUT2D eigenvalue weighted by atomic mass is 16.5. The quantitative estimate of drug-likeness (QED) is 0.574. The highest BCUT2D eigenvalue weighted by molar-refractivity contribution is 5.79. The molecule has 1 fully saturated rings. The van der Waals surface area contributed by atoms with Gasteiger partial charge in [0, 0.05) is 13.2 Å². The van der Waals surface area contributed by atoms with E-state index < -0.39 is 11.5 Å². The van der Waals surface area contributed by atoms with Gasteiger partial charge < -0.3 is 15.2 Å². The Labute approximate surface area is 129 Å². The van der Waals surface area contributed by atoms with Crippen LogP contribution >= 0.6 is 0 Å². The molecule has 2 N–H and O–H groups in total. The molecule has 0 aromatic carbocycles. The second kappa shape index (κ2) is 9.42. The van der Waals surface area contributed by atoms with Crippen molar-refractivity contribution >= 4 is 5.97 Å². The summed E-state index contributed by atoms with van der Waals surface area (Å²) in [6.45, 7) is 5.95. The number of ether oxygens (including phenoxy) is 1. The molecule has 0 amide bonds. The molecule has 1 aliphatic rings. The van der Waals surface area contributed by atoms with Crippen molar-refractivity contribution < 1.29 is 14.6 Å². The fraction of sp³-hybridized carbons (Fsp3) is 0.941.